The number of ether oxygens (including phenoxy) is 1. The molecule has 0 saturated heterocycles. The lowest BCUT2D eigenvalue weighted by Crippen LogP contribution is -2.19. The first-order valence-electron chi connectivity index (χ1n) is 5.00. The average Bonchev–Trinajstić information content (AvgIpc) is 2.36. The fourth-order valence-corrected chi connectivity index (χ4v) is 1.51. The number of methoxy groups -OCH3 is 1. The summed E-state index contributed by atoms with van der Waals surface area (Å²) >= 11 is 11.6. The molecule has 0 saturated carbocycles. The molecule has 1 rings (SSSR count). The predicted molar refractivity (Wildman–Crippen MR) is 70.0 cm³/mol. The van der Waals surface area contributed by atoms with Crippen LogP contribution in [0, 0.1) is 0 Å². The normalized spacial score (nSPS) is 10.4. The Morgan fingerprint density at radius 1 is 1.39 bits per heavy atom. The fourth-order valence-electron chi connectivity index (χ4n) is 1.13. The monoisotopic (exact) mass is 287 g/mol. The minimum atomic E-state index is -0.423. The molecular weight excluding hydrogens is 277 g/mol. The van der Waals surface area contributed by atoms with Gasteiger partial charge in [-0.3, -0.25) is 9.59 Å². The quantitative estimate of drug-likeness (QED) is 0.513. The summed E-state index contributed by atoms with van der Waals surface area (Å²) in [6.07, 6.45) is 2.62. The van der Waals surface area contributed by atoms with Gasteiger partial charge in [-0.15, -0.1) is 0 Å². The van der Waals surface area contributed by atoms with Crippen molar-refractivity contribution in [3.05, 3.63) is 46.1 Å². The van der Waals surface area contributed by atoms with Gasteiger partial charge in [0.2, 0.25) is 0 Å². The summed E-state index contributed by atoms with van der Waals surface area (Å²) in [5.41, 5.74) is 0.306. The van der Waals surface area contributed by atoms with Crippen LogP contribution < -0.4 is 5.32 Å². The van der Waals surface area contributed by atoms with E-state index in [9.17, 15) is 9.59 Å². The number of nitrogens with one attached hydrogen (secondary N) is 1. The van der Waals surface area contributed by atoms with Crippen molar-refractivity contribution in [2.45, 2.75) is 0 Å². The molecule has 0 amide bonds. The Balaban J connectivity index is 2.62. The molecular formula is C12H11Cl2NO3. The molecule has 0 fully saturated rings. The summed E-state index contributed by atoms with van der Waals surface area (Å²) in [6.45, 7) is -0.0104. The second-order valence-electron chi connectivity index (χ2n) is 3.28. The summed E-state index contributed by atoms with van der Waals surface area (Å²) < 4.78 is 4.42. The second-order valence-corrected chi connectivity index (χ2v) is 4.12. The number of ketones is 1. The van der Waals surface area contributed by atoms with Gasteiger partial charge in [0, 0.05) is 22.9 Å². The predicted octanol–water partition coefficient (Wildman–Crippen LogP) is 2.45. The maximum atomic E-state index is 11.7. The largest absolute Gasteiger partial charge is 0.468 e. The van der Waals surface area contributed by atoms with Crippen molar-refractivity contribution in [2.75, 3.05) is 13.7 Å². The molecule has 6 heteroatoms. The Hall–Kier alpha value is -1.52. The number of hydrogen-bond acceptors (Lipinski definition) is 4. The zero-order valence-electron chi connectivity index (χ0n) is 9.57. The minimum absolute atomic E-state index is 0.0104. The first kappa shape index (κ1) is 14.5. The SMILES string of the molecule is COC(=O)CNC=CC(=O)c1cc(Cl)ccc1Cl. The van der Waals surface area contributed by atoms with E-state index in [2.05, 4.69) is 10.1 Å². The van der Waals surface area contributed by atoms with Crippen LogP contribution >= 0.6 is 23.2 Å². The molecule has 4 nitrogen and oxygen atoms in total. The number of halogens is 2. The van der Waals surface area contributed by atoms with Gasteiger partial charge in [-0.25, -0.2) is 0 Å². The lowest BCUT2D eigenvalue weighted by atomic mass is 10.1. The molecule has 0 bridgehead atoms. The van der Waals surface area contributed by atoms with E-state index in [-0.39, 0.29) is 12.3 Å². The van der Waals surface area contributed by atoms with Crippen molar-refractivity contribution < 1.29 is 14.3 Å². The van der Waals surface area contributed by atoms with Gasteiger partial charge in [-0.05, 0) is 18.2 Å². The fraction of sp³-hybridized carbons (Fsp3) is 0.167. The van der Waals surface area contributed by atoms with Gasteiger partial charge in [0.1, 0.15) is 6.54 Å². The highest BCUT2D eigenvalue weighted by Gasteiger charge is 2.07. The van der Waals surface area contributed by atoms with E-state index in [0.29, 0.717) is 15.6 Å². The highest BCUT2D eigenvalue weighted by molar-refractivity contribution is 6.36. The van der Waals surface area contributed by atoms with Gasteiger partial charge in [0.15, 0.2) is 5.78 Å². The number of esters is 1. The number of carbonyl (C=O) groups is 2. The van der Waals surface area contributed by atoms with E-state index in [4.69, 9.17) is 23.2 Å². The molecule has 1 aromatic rings. The third-order valence-corrected chi connectivity index (χ3v) is 2.59. The van der Waals surface area contributed by atoms with E-state index in [1.165, 1.54) is 25.5 Å². The van der Waals surface area contributed by atoms with Crippen LogP contribution in [-0.4, -0.2) is 25.4 Å². The molecule has 0 spiro atoms. The van der Waals surface area contributed by atoms with Crippen molar-refractivity contribution in [1.82, 2.24) is 5.32 Å². The molecule has 0 aliphatic heterocycles. The summed E-state index contributed by atoms with van der Waals surface area (Å²) in [6, 6.07) is 4.63. The minimum Gasteiger partial charge on any atom is -0.468 e. The molecule has 0 atom stereocenters. The summed E-state index contributed by atoms with van der Waals surface area (Å²) in [4.78, 5) is 22.5. The molecule has 0 radical (unpaired) electrons. The third kappa shape index (κ3) is 4.39. The van der Waals surface area contributed by atoms with E-state index < -0.39 is 5.97 Å². The van der Waals surface area contributed by atoms with Crippen LogP contribution in [0.4, 0.5) is 0 Å². The lowest BCUT2D eigenvalue weighted by Gasteiger charge is -2.01. The molecule has 0 heterocycles. The van der Waals surface area contributed by atoms with Gasteiger partial charge >= 0.3 is 5.97 Å². The van der Waals surface area contributed by atoms with Crippen LogP contribution in [0.2, 0.25) is 10.0 Å². The Labute approximate surface area is 115 Å². The highest BCUT2D eigenvalue weighted by Crippen LogP contribution is 2.21. The van der Waals surface area contributed by atoms with Gasteiger partial charge < -0.3 is 10.1 Å². The van der Waals surface area contributed by atoms with Gasteiger partial charge in [0.05, 0.1) is 12.1 Å². The Kier molecular flexibility index (Phi) is 5.68. The Bertz CT molecular complexity index is 486. The zero-order valence-corrected chi connectivity index (χ0v) is 11.1. The number of benzene rings is 1. The summed E-state index contributed by atoms with van der Waals surface area (Å²) in [5.74, 6) is -0.729. The molecule has 1 N–H and O–H groups in total. The van der Waals surface area contributed by atoms with Crippen LogP contribution in [0.15, 0.2) is 30.5 Å². The summed E-state index contributed by atoms with van der Waals surface area (Å²) in [7, 11) is 1.28. The van der Waals surface area contributed by atoms with Crippen LogP contribution in [0.1, 0.15) is 10.4 Å². The molecule has 1 aromatic carbocycles. The molecule has 0 aliphatic carbocycles. The zero-order chi connectivity index (χ0) is 13.5. The average molecular weight is 288 g/mol. The number of hydrogen-bond donors (Lipinski definition) is 1. The maximum absolute atomic E-state index is 11.7. The van der Waals surface area contributed by atoms with Crippen molar-refractivity contribution >= 4 is 35.0 Å². The molecule has 18 heavy (non-hydrogen) atoms. The highest BCUT2D eigenvalue weighted by atomic mass is 35.5. The Morgan fingerprint density at radius 2 is 2.11 bits per heavy atom. The lowest BCUT2D eigenvalue weighted by molar-refractivity contribution is -0.139. The Morgan fingerprint density at radius 3 is 2.78 bits per heavy atom. The molecule has 96 valence electrons. The van der Waals surface area contributed by atoms with Crippen molar-refractivity contribution in [3.8, 4) is 0 Å². The van der Waals surface area contributed by atoms with Crippen LogP contribution in [-0.2, 0) is 9.53 Å². The van der Waals surface area contributed by atoms with Crippen molar-refractivity contribution in [3.63, 3.8) is 0 Å². The first-order chi connectivity index (χ1) is 8.54. The van der Waals surface area contributed by atoms with Crippen molar-refractivity contribution in [2.24, 2.45) is 0 Å². The maximum Gasteiger partial charge on any atom is 0.325 e. The van der Waals surface area contributed by atoms with Crippen LogP contribution in [0.25, 0.3) is 0 Å². The van der Waals surface area contributed by atoms with Crippen LogP contribution in [0.3, 0.4) is 0 Å². The topological polar surface area (TPSA) is 55.4 Å². The van der Waals surface area contributed by atoms with E-state index in [1.54, 1.807) is 12.1 Å². The smallest absolute Gasteiger partial charge is 0.325 e. The third-order valence-electron chi connectivity index (χ3n) is 2.02. The van der Waals surface area contributed by atoms with E-state index in [1.807, 2.05) is 0 Å². The summed E-state index contributed by atoms with van der Waals surface area (Å²) in [5, 5.41) is 3.37. The van der Waals surface area contributed by atoms with E-state index in [0.717, 1.165) is 0 Å². The van der Waals surface area contributed by atoms with Gasteiger partial charge in [-0.2, -0.15) is 0 Å². The molecule has 0 aromatic heterocycles. The van der Waals surface area contributed by atoms with Gasteiger partial charge in [-0.1, -0.05) is 23.2 Å². The van der Waals surface area contributed by atoms with Gasteiger partial charge in [0.25, 0.3) is 0 Å². The first-order valence-corrected chi connectivity index (χ1v) is 5.76. The molecule has 0 aliphatic rings. The van der Waals surface area contributed by atoms with Crippen LogP contribution in [0.5, 0.6) is 0 Å². The number of allylic oxidation sites excluding steroid dienone is 1. The number of rotatable bonds is 5. The van der Waals surface area contributed by atoms with E-state index >= 15 is 0 Å². The number of carbonyl (C=O) groups excluding carboxylic acids is 2. The van der Waals surface area contributed by atoms with Crippen molar-refractivity contribution in [1.29, 1.82) is 0 Å². The molecule has 0 unspecified atom stereocenters. The second kappa shape index (κ2) is 7.03. The standard InChI is InChI=1S/C12H11Cl2NO3/c1-18-12(17)7-15-5-4-11(16)9-6-8(13)2-3-10(9)14/h2-6,15H,7H2,1H3.